The number of hydrogen-bond acceptors (Lipinski definition) is 4. The second-order valence-electron chi connectivity index (χ2n) is 8.14. The van der Waals surface area contributed by atoms with Crippen molar-refractivity contribution in [2.75, 3.05) is 31.9 Å². The van der Waals surface area contributed by atoms with Crippen LogP contribution in [0.3, 0.4) is 0 Å². The molecule has 0 saturated carbocycles. The highest BCUT2D eigenvalue weighted by atomic mass is 35.5. The molecule has 1 aromatic heterocycles. The Morgan fingerprint density at radius 1 is 1.03 bits per heavy atom. The Bertz CT molecular complexity index is 785. The minimum absolute atomic E-state index is 0. The molecule has 2 fully saturated rings. The van der Waals surface area contributed by atoms with Gasteiger partial charge in [-0.15, -0.1) is 36.6 Å². The van der Waals surface area contributed by atoms with Crippen molar-refractivity contribution in [3.8, 4) is 0 Å². The number of benzene rings is 1. The number of hydrogen-bond donors (Lipinski definition) is 0. The average molecular weight is 483 g/mol. The Hall–Kier alpha value is -1.27. The quantitative estimate of drug-likeness (QED) is 0.376. The van der Waals surface area contributed by atoms with Crippen LogP contribution in [0.25, 0.3) is 0 Å². The van der Waals surface area contributed by atoms with E-state index in [1.807, 2.05) is 42.4 Å². The molecule has 1 unspecified atom stereocenters. The summed E-state index contributed by atoms with van der Waals surface area (Å²) in [4.78, 5) is 23.1. The lowest BCUT2D eigenvalue weighted by Crippen LogP contribution is -2.42. The number of thioether (sulfide) groups is 1. The van der Waals surface area contributed by atoms with Crippen LogP contribution in [0.15, 0.2) is 53.7 Å². The number of halogens is 2. The molecule has 2 aromatic rings. The Balaban J connectivity index is 0.00000171. The van der Waals surface area contributed by atoms with E-state index in [1.54, 1.807) is 0 Å². The number of rotatable bonds is 8. The van der Waals surface area contributed by atoms with E-state index < -0.39 is 0 Å². The molecular formula is C24H33Cl2N3OS. The Morgan fingerprint density at radius 2 is 1.81 bits per heavy atom. The van der Waals surface area contributed by atoms with Gasteiger partial charge in [-0.05, 0) is 93.3 Å². The zero-order chi connectivity index (χ0) is 19.9. The van der Waals surface area contributed by atoms with Gasteiger partial charge in [0.2, 0.25) is 0 Å². The molecule has 0 radical (unpaired) electrons. The van der Waals surface area contributed by atoms with Crippen molar-refractivity contribution in [1.29, 1.82) is 0 Å². The van der Waals surface area contributed by atoms with E-state index in [1.165, 1.54) is 36.4 Å². The summed E-state index contributed by atoms with van der Waals surface area (Å²) < 4.78 is 0. The van der Waals surface area contributed by atoms with E-state index in [4.69, 9.17) is 0 Å². The average Bonchev–Trinajstić information content (AvgIpc) is 3.44. The standard InChI is InChI=1S/C24H31N3OS.2ClH/c28-24(27-16-4-8-22(27)19-26-14-1-2-15-26)21-9-11-23(12-10-21)29-17-5-7-20-6-3-13-25-18-20;;/h3,6,9-13,18,22H,1-2,4-5,7-8,14-17,19H2;2*1H. The van der Waals surface area contributed by atoms with Crippen LogP contribution >= 0.6 is 36.6 Å². The highest BCUT2D eigenvalue weighted by Crippen LogP contribution is 2.24. The molecule has 1 amide bonds. The lowest BCUT2D eigenvalue weighted by atomic mass is 10.1. The summed E-state index contributed by atoms with van der Waals surface area (Å²) in [5, 5.41) is 0. The van der Waals surface area contributed by atoms with Gasteiger partial charge in [0, 0.05) is 42.0 Å². The van der Waals surface area contributed by atoms with Crippen molar-refractivity contribution in [3.63, 3.8) is 0 Å². The van der Waals surface area contributed by atoms with Crippen LogP contribution in [-0.4, -0.2) is 58.7 Å². The molecule has 7 heteroatoms. The second-order valence-corrected chi connectivity index (χ2v) is 9.31. The summed E-state index contributed by atoms with van der Waals surface area (Å²) in [7, 11) is 0. The fraction of sp³-hybridized carbons (Fsp3) is 0.500. The van der Waals surface area contributed by atoms with Crippen LogP contribution in [-0.2, 0) is 6.42 Å². The first-order valence-corrected chi connectivity index (χ1v) is 11.9. The normalized spacial score (nSPS) is 18.5. The molecule has 0 spiro atoms. The van der Waals surface area contributed by atoms with Crippen LogP contribution in [0.5, 0.6) is 0 Å². The van der Waals surface area contributed by atoms with Gasteiger partial charge in [-0.25, -0.2) is 0 Å². The number of amides is 1. The number of likely N-dealkylation sites (tertiary alicyclic amines) is 2. The molecular weight excluding hydrogens is 449 g/mol. The van der Waals surface area contributed by atoms with E-state index in [2.05, 4.69) is 33.0 Å². The maximum Gasteiger partial charge on any atom is 0.254 e. The predicted molar refractivity (Wildman–Crippen MR) is 134 cm³/mol. The molecule has 0 aliphatic carbocycles. The fourth-order valence-electron chi connectivity index (χ4n) is 4.43. The first-order valence-electron chi connectivity index (χ1n) is 10.9. The third-order valence-electron chi connectivity index (χ3n) is 6.01. The minimum atomic E-state index is 0. The zero-order valence-electron chi connectivity index (χ0n) is 17.9. The molecule has 2 aliphatic heterocycles. The summed E-state index contributed by atoms with van der Waals surface area (Å²) in [6.07, 6.45) is 10.8. The van der Waals surface area contributed by atoms with Crippen LogP contribution in [0.2, 0.25) is 0 Å². The van der Waals surface area contributed by atoms with Gasteiger partial charge in [-0.1, -0.05) is 6.07 Å². The SMILES string of the molecule is Cl.Cl.O=C(c1ccc(SCCCc2cccnc2)cc1)N1CCCC1CN1CCCC1. The highest BCUT2D eigenvalue weighted by Gasteiger charge is 2.31. The maximum absolute atomic E-state index is 13.1. The maximum atomic E-state index is 13.1. The van der Waals surface area contributed by atoms with Gasteiger partial charge in [-0.3, -0.25) is 9.78 Å². The third kappa shape index (κ3) is 7.38. The number of pyridine rings is 1. The molecule has 4 rings (SSSR count). The minimum Gasteiger partial charge on any atom is -0.334 e. The van der Waals surface area contributed by atoms with Gasteiger partial charge in [-0.2, -0.15) is 0 Å². The van der Waals surface area contributed by atoms with Crippen LogP contribution in [0.1, 0.15) is 48.0 Å². The Morgan fingerprint density at radius 3 is 2.52 bits per heavy atom. The van der Waals surface area contributed by atoms with Gasteiger partial charge in [0.1, 0.15) is 0 Å². The molecule has 2 aliphatic rings. The molecule has 3 heterocycles. The van der Waals surface area contributed by atoms with Crippen molar-refractivity contribution in [2.45, 2.75) is 49.5 Å². The van der Waals surface area contributed by atoms with Gasteiger partial charge >= 0.3 is 0 Å². The lowest BCUT2D eigenvalue weighted by Gasteiger charge is -2.28. The summed E-state index contributed by atoms with van der Waals surface area (Å²) in [5.74, 6) is 1.28. The van der Waals surface area contributed by atoms with Crippen molar-refractivity contribution < 1.29 is 4.79 Å². The van der Waals surface area contributed by atoms with Gasteiger partial charge in [0.25, 0.3) is 5.91 Å². The number of carbonyl (C=O) groups excluding carboxylic acids is 1. The van der Waals surface area contributed by atoms with E-state index >= 15 is 0 Å². The summed E-state index contributed by atoms with van der Waals surface area (Å²) in [5.41, 5.74) is 2.13. The third-order valence-corrected chi connectivity index (χ3v) is 7.11. The molecule has 0 N–H and O–H groups in total. The topological polar surface area (TPSA) is 36.4 Å². The Labute approximate surface area is 203 Å². The van der Waals surface area contributed by atoms with E-state index in [0.717, 1.165) is 50.1 Å². The van der Waals surface area contributed by atoms with Crippen molar-refractivity contribution >= 4 is 42.5 Å². The fourth-order valence-corrected chi connectivity index (χ4v) is 5.28. The predicted octanol–water partition coefficient (Wildman–Crippen LogP) is 5.35. The highest BCUT2D eigenvalue weighted by molar-refractivity contribution is 7.99. The second kappa shape index (κ2) is 13.3. The first kappa shape index (κ1) is 26.0. The number of carbonyl (C=O) groups is 1. The molecule has 4 nitrogen and oxygen atoms in total. The molecule has 170 valence electrons. The summed E-state index contributed by atoms with van der Waals surface area (Å²) >= 11 is 1.86. The van der Waals surface area contributed by atoms with Crippen molar-refractivity contribution in [3.05, 3.63) is 59.9 Å². The first-order chi connectivity index (χ1) is 14.3. The largest absolute Gasteiger partial charge is 0.334 e. The van der Waals surface area contributed by atoms with Crippen LogP contribution in [0, 0.1) is 0 Å². The van der Waals surface area contributed by atoms with Gasteiger partial charge < -0.3 is 9.80 Å². The van der Waals surface area contributed by atoms with Crippen molar-refractivity contribution in [2.24, 2.45) is 0 Å². The van der Waals surface area contributed by atoms with Crippen molar-refractivity contribution in [1.82, 2.24) is 14.8 Å². The lowest BCUT2D eigenvalue weighted by molar-refractivity contribution is 0.0708. The molecule has 31 heavy (non-hydrogen) atoms. The van der Waals surface area contributed by atoms with Crippen LogP contribution < -0.4 is 0 Å². The van der Waals surface area contributed by atoms with Crippen LogP contribution in [0.4, 0.5) is 0 Å². The molecule has 2 saturated heterocycles. The zero-order valence-corrected chi connectivity index (χ0v) is 20.4. The van der Waals surface area contributed by atoms with E-state index in [9.17, 15) is 4.79 Å². The summed E-state index contributed by atoms with van der Waals surface area (Å²) in [6.45, 7) is 4.36. The number of aromatic nitrogens is 1. The monoisotopic (exact) mass is 481 g/mol. The number of aryl methyl sites for hydroxylation is 1. The van der Waals surface area contributed by atoms with E-state index in [0.29, 0.717) is 6.04 Å². The molecule has 1 atom stereocenters. The smallest absolute Gasteiger partial charge is 0.254 e. The summed E-state index contributed by atoms with van der Waals surface area (Å²) in [6, 6.07) is 12.7. The van der Waals surface area contributed by atoms with Gasteiger partial charge in [0.15, 0.2) is 0 Å². The van der Waals surface area contributed by atoms with Gasteiger partial charge in [0.05, 0.1) is 0 Å². The van der Waals surface area contributed by atoms with E-state index in [-0.39, 0.29) is 30.7 Å². The number of nitrogens with zero attached hydrogens (tertiary/aromatic N) is 3. The molecule has 0 bridgehead atoms. The molecule has 1 aromatic carbocycles. The Kier molecular flexibility index (Phi) is 11.2.